The first-order chi connectivity index (χ1) is 7.79. The van der Waals surface area contributed by atoms with E-state index in [-0.39, 0.29) is 5.97 Å². The Morgan fingerprint density at radius 1 is 1.38 bits per heavy atom. The number of hydrogen-bond acceptors (Lipinski definition) is 4. The Balaban J connectivity index is 2.57. The van der Waals surface area contributed by atoms with E-state index in [1.54, 1.807) is 11.8 Å². The van der Waals surface area contributed by atoms with E-state index in [0.29, 0.717) is 6.61 Å². The van der Waals surface area contributed by atoms with Crippen LogP contribution in [0.1, 0.15) is 11.7 Å². The number of ether oxygens (including phenoxy) is 2. The zero-order chi connectivity index (χ0) is 11.8. The number of rotatable bonds is 6. The molecule has 1 unspecified atom stereocenters. The van der Waals surface area contributed by atoms with Crippen LogP contribution in [0.25, 0.3) is 0 Å². The third-order valence-corrected chi connectivity index (χ3v) is 2.66. The maximum atomic E-state index is 11.7. The summed E-state index contributed by atoms with van der Waals surface area (Å²) >= 11 is 1.64. The van der Waals surface area contributed by atoms with Gasteiger partial charge in [-0.2, -0.15) is 11.8 Å². The quantitative estimate of drug-likeness (QED) is 0.564. The van der Waals surface area contributed by atoms with Crippen LogP contribution in [0.15, 0.2) is 30.3 Å². The van der Waals surface area contributed by atoms with Crippen molar-refractivity contribution in [1.82, 2.24) is 0 Å². The Labute approximate surface area is 100 Å². The summed E-state index contributed by atoms with van der Waals surface area (Å²) in [6.07, 6.45) is 1.35. The minimum Gasteiger partial charge on any atom is -0.463 e. The molecule has 0 bridgehead atoms. The fourth-order valence-electron chi connectivity index (χ4n) is 1.30. The van der Waals surface area contributed by atoms with Gasteiger partial charge < -0.3 is 9.47 Å². The van der Waals surface area contributed by atoms with Crippen LogP contribution in [0.3, 0.4) is 0 Å². The van der Waals surface area contributed by atoms with Crippen molar-refractivity contribution in [3.05, 3.63) is 35.9 Å². The predicted molar refractivity (Wildman–Crippen MR) is 65.5 cm³/mol. The molecule has 1 rings (SSSR count). The van der Waals surface area contributed by atoms with Crippen LogP contribution in [0.2, 0.25) is 0 Å². The maximum Gasteiger partial charge on any atom is 0.339 e. The second-order valence-corrected chi connectivity index (χ2v) is 4.17. The number of benzene rings is 1. The van der Waals surface area contributed by atoms with E-state index in [1.807, 2.05) is 36.6 Å². The Bertz CT molecular complexity index is 313. The van der Waals surface area contributed by atoms with E-state index in [9.17, 15) is 4.79 Å². The highest BCUT2D eigenvalue weighted by Crippen LogP contribution is 2.17. The van der Waals surface area contributed by atoms with Gasteiger partial charge in [0.25, 0.3) is 0 Å². The maximum absolute atomic E-state index is 11.7. The van der Waals surface area contributed by atoms with E-state index in [0.717, 1.165) is 11.3 Å². The van der Waals surface area contributed by atoms with Gasteiger partial charge in [0.1, 0.15) is 6.61 Å². The van der Waals surface area contributed by atoms with Crippen LogP contribution in [0, 0.1) is 0 Å². The molecule has 0 aromatic heterocycles. The number of hydrogen-bond donors (Lipinski definition) is 0. The van der Waals surface area contributed by atoms with Crippen LogP contribution in [0.5, 0.6) is 0 Å². The molecule has 1 aromatic carbocycles. The van der Waals surface area contributed by atoms with Crippen molar-refractivity contribution >= 4 is 17.7 Å². The Hall–Kier alpha value is -1.00. The highest BCUT2D eigenvalue weighted by atomic mass is 32.2. The fraction of sp³-hybridized carbons (Fsp3) is 0.417. The molecule has 4 heteroatoms. The van der Waals surface area contributed by atoms with Crippen molar-refractivity contribution in [1.29, 1.82) is 0 Å². The van der Waals surface area contributed by atoms with Crippen molar-refractivity contribution in [2.24, 2.45) is 0 Å². The summed E-state index contributed by atoms with van der Waals surface area (Å²) in [5.41, 5.74) is 0.819. The smallest absolute Gasteiger partial charge is 0.339 e. The Morgan fingerprint density at radius 2 is 2.06 bits per heavy atom. The first-order valence-electron chi connectivity index (χ1n) is 5.03. The molecule has 0 aliphatic heterocycles. The van der Waals surface area contributed by atoms with Gasteiger partial charge in [-0.1, -0.05) is 30.3 Å². The summed E-state index contributed by atoms with van der Waals surface area (Å²) in [4.78, 5) is 11.7. The molecule has 0 radical (unpaired) electrons. The second-order valence-electron chi connectivity index (χ2n) is 3.19. The summed E-state index contributed by atoms with van der Waals surface area (Å²) in [5, 5.41) is 0. The van der Waals surface area contributed by atoms with Crippen molar-refractivity contribution in [3.8, 4) is 0 Å². The lowest BCUT2D eigenvalue weighted by atomic mass is 10.1. The SMILES string of the molecule is COC(C(=O)OCCSC)c1ccccc1. The van der Waals surface area contributed by atoms with Gasteiger partial charge in [0.05, 0.1) is 0 Å². The van der Waals surface area contributed by atoms with E-state index < -0.39 is 6.10 Å². The van der Waals surface area contributed by atoms with Crippen LogP contribution in [-0.2, 0) is 14.3 Å². The number of esters is 1. The normalized spacial score (nSPS) is 12.1. The monoisotopic (exact) mass is 240 g/mol. The largest absolute Gasteiger partial charge is 0.463 e. The van der Waals surface area contributed by atoms with E-state index >= 15 is 0 Å². The molecule has 0 saturated heterocycles. The Morgan fingerprint density at radius 3 is 2.62 bits per heavy atom. The van der Waals surface area contributed by atoms with Gasteiger partial charge in [-0.3, -0.25) is 0 Å². The number of carbonyl (C=O) groups excluding carboxylic acids is 1. The van der Waals surface area contributed by atoms with E-state index in [1.165, 1.54) is 7.11 Å². The van der Waals surface area contributed by atoms with Crippen molar-refractivity contribution in [2.75, 3.05) is 25.7 Å². The van der Waals surface area contributed by atoms with Crippen LogP contribution >= 0.6 is 11.8 Å². The van der Waals surface area contributed by atoms with Gasteiger partial charge in [-0.05, 0) is 11.8 Å². The first kappa shape index (κ1) is 13.1. The van der Waals surface area contributed by atoms with Crippen molar-refractivity contribution in [3.63, 3.8) is 0 Å². The van der Waals surface area contributed by atoms with Gasteiger partial charge in [0, 0.05) is 12.9 Å². The molecule has 0 heterocycles. The molecule has 0 amide bonds. The van der Waals surface area contributed by atoms with Gasteiger partial charge >= 0.3 is 5.97 Å². The van der Waals surface area contributed by atoms with Crippen LogP contribution in [-0.4, -0.2) is 31.7 Å². The minimum atomic E-state index is -0.622. The van der Waals surface area contributed by atoms with Crippen LogP contribution in [0.4, 0.5) is 0 Å². The molecule has 0 aliphatic rings. The molecule has 88 valence electrons. The first-order valence-corrected chi connectivity index (χ1v) is 6.42. The molecular weight excluding hydrogens is 224 g/mol. The summed E-state index contributed by atoms with van der Waals surface area (Å²) in [5.74, 6) is 0.472. The van der Waals surface area contributed by atoms with Gasteiger partial charge in [0.15, 0.2) is 6.10 Å². The van der Waals surface area contributed by atoms with Crippen LogP contribution < -0.4 is 0 Å². The lowest BCUT2D eigenvalue weighted by Crippen LogP contribution is -2.18. The number of carbonyl (C=O) groups is 1. The fourth-order valence-corrected chi connectivity index (χ4v) is 1.55. The molecule has 1 aromatic rings. The molecular formula is C12H16O3S. The molecule has 16 heavy (non-hydrogen) atoms. The summed E-state index contributed by atoms with van der Waals surface area (Å²) < 4.78 is 10.3. The molecule has 3 nitrogen and oxygen atoms in total. The average molecular weight is 240 g/mol. The summed E-state index contributed by atoms with van der Waals surface area (Å²) in [6, 6.07) is 9.34. The van der Waals surface area contributed by atoms with Gasteiger partial charge in [-0.25, -0.2) is 4.79 Å². The highest BCUT2D eigenvalue weighted by Gasteiger charge is 2.20. The molecule has 0 N–H and O–H groups in total. The number of thioether (sulfide) groups is 1. The highest BCUT2D eigenvalue weighted by molar-refractivity contribution is 7.98. The second kappa shape index (κ2) is 7.30. The topological polar surface area (TPSA) is 35.5 Å². The van der Waals surface area contributed by atoms with Crippen molar-refractivity contribution in [2.45, 2.75) is 6.10 Å². The standard InChI is InChI=1S/C12H16O3S/c1-14-11(10-6-4-3-5-7-10)12(13)15-8-9-16-2/h3-7,11H,8-9H2,1-2H3. The third kappa shape index (κ3) is 3.87. The predicted octanol–water partition coefficient (Wildman–Crippen LogP) is 2.28. The molecule has 0 spiro atoms. The summed E-state index contributed by atoms with van der Waals surface area (Å²) in [7, 11) is 1.51. The Kier molecular flexibility index (Phi) is 5.96. The molecule has 0 fully saturated rings. The zero-order valence-corrected chi connectivity index (χ0v) is 10.3. The zero-order valence-electron chi connectivity index (χ0n) is 9.51. The molecule has 0 saturated carbocycles. The summed E-state index contributed by atoms with van der Waals surface area (Å²) in [6.45, 7) is 0.423. The molecule has 0 aliphatic carbocycles. The van der Waals surface area contributed by atoms with Crippen molar-refractivity contribution < 1.29 is 14.3 Å². The van der Waals surface area contributed by atoms with E-state index in [4.69, 9.17) is 9.47 Å². The van der Waals surface area contributed by atoms with Gasteiger partial charge in [-0.15, -0.1) is 0 Å². The lowest BCUT2D eigenvalue weighted by molar-refractivity contribution is -0.155. The van der Waals surface area contributed by atoms with E-state index in [2.05, 4.69) is 0 Å². The minimum absolute atomic E-state index is 0.331. The van der Waals surface area contributed by atoms with Gasteiger partial charge in [0.2, 0.25) is 0 Å². The lowest BCUT2D eigenvalue weighted by Gasteiger charge is -2.14. The number of methoxy groups -OCH3 is 1. The third-order valence-electron chi connectivity index (χ3n) is 2.08. The average Bonchev–Trinajstić information content (AvgIpc) is 2.32. The molecule has 1 atom stereocenters.